The van der Waals surface area contributed by atoms with Crippen molar-refractivity contribution >= 4 is 17.8 Å². The van der Waals surface area contributed by atoms with Crippen LogP contribution in [-0.4, -0.2) is 34.1 Å². The van der Waals surface area contributed by atoms with Crippen molar-refractivity contribution < 1.29 is 77.4 Å². The SMILES string of the molecule is CCCCCCCCCCCCCCCC(=O)N[C@@H](CC(=O)O)C(=O)O.[H-].[K+]. The van der Waals surface area contributed by atoms with Gasteiger partial charge in [0.15, 0.2) is 0 Å². The van der Waals surface area contributed by atoms with Gasteiger partial charge in [0.05, 0.1) is 6.42 Å². The molecule has 154 valence electrons. The Kier molecular flexibility index (Phi) is 22.5. The van der Waals surface area contributed by atoms with Gasteiger partial charge in [-0.1, -0.05) is 84.0 Å². The van der Waals surface area contributed by atoms with Gasteiger partial charge >= 0.3 is 63.3 Å². The molecule has 0 aliphatic heterocycles. The van der Waals surface area contributed by atoms with Crippen LogP contribution in [0.3, 0.4) is 0 Å². The number of carbonyl (C=O) groups is 3. The summed E-state index contributed by atoms with van der Waals surface area (Å²) in [4.78, 5) is 33.1. The number of carboxylic acids is 2. The third-order valence-corrected chi connectivity index (χ3v) is 4.52. The van der Waals surface area contributed by atoms with Crippen molar-refractivity contribution in [1.82, 2.24) is 5.32 Å². The average molecular weight is 412 g/mol. The van der Waals surface area contributed by atoms with Crippen molar-refractivity contribution in [2.24, 2.45) is 0 Å². The Balaban J connectivity index is -0.00000312. The zero-order chi connectivity index (χ0) is 19.6. The Morgan fingerprint density at radius 3 is 1.56 bits per heavy atom. The van der Waals surface area contributed by atoms with Gasteiger partial charge in [-0.25, -0.2) is 4.79 Å². The molecule has 1 amide bonds. The molecule has 7 heteroatoms. The van der Waals surface area contributed by atoms with E-state index in [1.54, 1.807) is 0 Å². The summed E-state index contributed by atoms with van der Waals surface area (Å²) in [6.07, 6.45) is 15.5. The van der Waals surface area contributed by atoms with E-state index in [0.29, 0.717) is 6.42 Å². The normalized spacial score (nSPS) is 11.4. The van der Waals surface area contributed by atoms with Crippen molar-refractivity contribution in [3.8, 4) is 0 Å². The van der Waals surface area contributed by atoms with Crippen LogP contribution in [0.4, 0.5) is 0 Å². The third kappa shape index (κ3) is 20.6. The van der Waals surface area contributed by atoms with E-state index in [1.165, 1.54) is 64.2 Å². The third-order valence-electron chi connectivity index (χ3n) is 4.52. The van der Waals surface area contributed by atoms with Crippen molar-refractivity contribution in [2.45, 2.75) is 109 Å². The second-order valence-electron chi connectivity index (χ2n) is 7.05. The monoisotopic (exact) mass is 411 g/mol. The first-order valence-electron chi connectivity index (χ1n) is 10.2. The molecule has 0 aromatic rings. The van der Waals surface area contributed by atoms with Gasteiger partial charge in [-0.3, -0.25) is 9.59 Å². The van der Waals surface area contributed by atoms with Crippen LogP contribution < -0.4 is 56.7 Å². The van der Waals surface area contributed by atoms with Gasteiger partial charge in [-0.15, -0.1) is 0 Å². The molecule has 0 radical (unpaired) electrons. The van der Waals surface area contributed by atoms with Crippen molar-refractivity contribution in [2.75, 3.05) is 0 Å². The number of carbonyl (C=O) groups excluding carboxylic acids is 1. The summed E-state index contributed by atoms with van der Waals surface area (Å²) >= 11 is 0. The minimum absolute atomic E-state index is 0. The summed E-state index contributed by atoms with van der Waals surface area (Å²) in [6.45, 7) is 2.23. The molecule has 0 unspecified atom stereocenters. The molecule has 0 aromatic carbocycles. The van der Waals surface area contributed by atoms with Crippen molar-refractivity contribution in [3.63, 3.8) is 0 Å². The maximum absolute atomic E-state index is 11.7. The number of unbranched alkanes of at least 4 members (excludes halogenated alkanes) is 12. The van der Waals surface area contributed by atoms with E-state index in [9.17, 15) is 14.4 Å². The topological polar surface area (TPSA) is 104 Å². The van der Waals surface area contributed by atoms with Crippen LogP contribution in [-0.2, 0) is 14.4 Å². The molecule has 6 nitrogen and oxygen atoms in total. The number of rotatable bonds is 18. The maximum atomic E-state index is 11.7. The van der Waals surface area contributed by atoms with Gasteiger partial charge in [-0.2, -0.15) is 0 Å². The number of aliphatic carboxylic acids is 2. The van der Waals surface area contributed by atoms with E-state index in [2.05, 4.69) is 12.2 Å². The number of carboxylic acid groups (broad SMARTS) is 2. The van der Waals surface area contributed by atoms with E-state index in [0.717, 1.165) is 12.8 Å². The smallest absolute Gasteiger partial charge is 1.00 e. The second-order valence-corrected chi connectivity index (χ2v) is 7.05. The molecule has 0 saturated heterocycles. The van der Waals surface area contributed by atoms with E-state index < -0.39 is 24.4 Å². The predicted molar refractivity (Wildman–Crippen MR) is 103 cm³/mol. The Morgan fingerprint density at radius 1 is 0.778 bits per heavy atom. The fraction of sp³-hybridized carbons (Fsp3) is 0.850. The fourth-order valence-corrected chi connectivity index (χ4v) is 2.94. The second kappa shape index (κ2) is 20.8. The molecule has 1 atom stereocenters. The molecular formula is C20H38KNO5. The molecule has 0 spiro atoms. The first-order valence-corrected chi connectivity index (χ1v) is 10.2. The van der Waals surface area contributed by atoms with Gasteiger partial charge in [-0.05, 0) is 6.42 Å². The predicted octanol–water partition coefficient (Wildman–Crippen LogP) is 1.63. The number of hydrogen-bond donors (Lipinski definition) is 3. The average Bonchev–Trinajstić information content (AvgIpc) is 2.58. The molecule has 0 aliphatic carbocycles. The molecule has 3 N–H and O–H groups in total. The molecule has 27 heavy (non-hydrogen) atoms. The summed E-state index contributed by atoms with van der Waals surface area (Å²) in [5, 5.41) is 19.8. The summed E-state index contributed by atoms with van der Waals surface area (Å²) in [6, 6.07) is -1.35. The minimum Gasteiger partial charge on any atom is -1.00 e. The first kappa shape index (κ1) is 29.2. The molecule has 0 rings (SSSR count). The van der Waals surface area contributed by atoms with Crippen LogP contribution in [0.1, 0.15) is 105 Å². The number of hydrogen-bond acceptors (Lipinski definition) is 3. The number of nitrogens with one attached hydrogen (secondary N) is 1. The summed E-state index contributed by atoms with van der Waals surface area (Å²) in [7, 11) is 0. The van der Waals surface area contributed by atoms with Crippen LogP contribution in [0.2, 0.25) is 0 Å². The maximum Gasteiger partial charge on any atom is 1.00 e. The summed E-state index contributed by atoms with van der Waals surface area (Å²) < 4.78 is 0. The largest absolute Gasteiger partial charge is 1.00 e. The zero-order valence-electron chi connectivity index (χ0n) is 18.3. The molecule has 0 bridgehead atoms. The van der Waals surface area contributed by atoms with Gasteiger partial charge in [0.25, 0.3) is 0 Å². The van der Waals surface area contributed by atoms with Crippen LogP contribution in [0.15, 0.2) is 0 Å². The number of amides is 1. The fourth-order valence-electron chi connectivity index (χ4n) is 2.94. The van der Waals surface area contributed by atoms with E-state index in [-0.39, 0.29) is 65.1 Å². The van der Waals surface area contributed by atoms with E-state index >= 15 is 0 Å². The van der Waals surface area contributed by atoms with Crippen molar-refractivity contribution in [1.29, 1.82) is 0 Å². The van der Waals surface area contributed by atoms with Gasteiger partial charge < -0.3 is 17.0 Å². The minimum atomic E-state index is -1.35. The van der Waals surface area contributed by atoms with Gasteiger partial charge in [0.2, 0.25) is 5.91 Å². The Hall–Kier alpha value is 0.0464. The van der Waals surface area contributed by atoms with E-state index in [1.807, 2.05) is 0 Å². The molecule has 0 heterocycles. The molecule has 0 aromatic heterocycles. The van der Waals surface area contributed by atoms with Crippen LogP contribution in [0.25, 0.3) is 0 Å². The van der Waals surface area contributed by atoms with Crippen LogP contribution in [0.5, 0.6) is 0 Å². The quantitative estimate of drug-likeness (QED) is 0.235. The van der Waals surface area contributed by atoms with Crippen LogP contribution >= 0.6 is 0 Å². The Morgan fingerprint density at radius 2 is 1.19 bits per heavy atom. The Labute approximate surface area is 208 Å². The molecule has 0 fully saturated rings. The van der Waals surface area contributed by atoms with Crippen LogP contribution in [0, 0.1) is 0 Å². The first-order chi connectivity index (χ1) is 12.5. The summed E-state index contributed by atoms with van der Waals surface area (Å²) in [5.74, 6) is -2.94. The molecule has 0 saturated carbocycles. The van der Waals surface area contributed by atoms with Gasteiger partial charge in [0, 0.05) is 6.42 Å². The van der Waals surface area contributed by atoms with Gasteiger partial charge in [0.1, 0.15) is 6.04 Å². The summed E-state index contributed by atoms with van der Waals surface area (Å²) in [5.41, 5.74) is 0. The molecule has 0 aliphatic rings. The zero-order valence-corrected chi connectivity index (χ0v) is 20.4. The van der Waals surface area contributed by atoms with E-state index in [4.69, 9.17) is 10.2 Å². The van der Waals surface area contributed by atoms with Crippen molar-refractivity contribution in [3.05, 3.63) is 0 Å². The standard InChI is InChI=1S/C20H37NO5.K.H/c1-2-3-4-5-6-7-8-9-10-11-12-13-14-15-18(22)21-17(20(25)26)16-19(23)24;;/h17H,2-16H2,1H3,(H,21,22)(H,23,24)(H,25,26);;/q;+1;-1/t17-;;/m0../s1. The Bertz CT molecular complexity index is 410. The molecular weight excluding hydrogens is 373 g/mol.